The van der Waals surface area contributed by atoms with Crippen molar-refractivity contribution in [3.8, 4) is 5.75 Å². The highest BCUT2D eigenvalue weighted by molar-refractivity contribution is 7.81. The molecule has 0 radical (unpaired) electrons. The lowest BCUT2D eigenvalue weighted by Crippen LogP contribution is -2.18. The van der Waals surface area contributed by atoms with Crippen LogP contribution in [-0.4, -0.2) is 33.8 Å². The van der Waals surface area contributed by atoms with Crippen molar-refractivity contribution in [2.45, 2.75) is 32.1 Å². The highest BCUT2D eigenvalue weighted by Gasteiger charge is 2.15. The zero-order chi connectivity index (χ0) is 21.2. The molecule has 1 N–H and O–H groups in total. The van der Waals surface area contributed by atoms with E-state index in [1.54, 1.807) is 6.07 Å². The van der Waals surface area contributed by atoms with Crippen LogP contribution in [0.25, 0.3) is 0 Å². The minimum Gasteiger partial charge on any atom is -0.494 e. The van der Waals surface area contributed by atoms with Gasteiger partial charge in [0.2, 0.25) is 5.91 Å². The van der Waals surface area contributed by atoms with Crippen LogP contribution in [0.5, 0.6) is 5.75 Å². The summed E-state index contributed by atoms with van der Waals surface area (Å²) in [7, 11) is -4.16. The van der Waals surface area contributed by atoms with Gasteiger partial charge in [-0.3, -0.25) is 4.79 Å². The summed E-state index contributed by atoms with van der Waals surface area (Å²) in [6.07, 6.45) is 4.12. The number of amides is 1. The molecule has 1 aliphatic rings. The number of carbonyl (C=O) groups is 1. The first-order valence-electron chi connectivity index (χ1n) is 9.71. The first-order chi connectivity index (χ1) is 14.5. The maximum absolute atomic E-state index is 11.6. The second kappa shape index (κ2) is 10.7. The SMILES string of the molecule is O=C1CCc2cc(OCCCC=NOS(=O)(=O)OCCc3ccccc3)ccc2N1. The molecule has 2 aromatic rings. The van der Waals surface area contributed by atoms with Gasteiger partial charge in [-0.05, 0) is 55.0 Å². The Bertz CT molecular complexity index is 976. The molecule has 2 aromatic carbocycles. The quantitative estimate of drug-likeness (QED) is 0.332. The maximum atomic E-state index is 11.6. The second-order valence-corrected chi connectivity index (χ2v) is 7.89. The molecule has 0 saturated heterocycles. The van der Waals surface area contributed by atoms with Crippen LogP contribution >= 0.6 is 0 Å². The number of hydrogen-bond donors (Lipinski definition) is 1. The molecule has 8 nitrogen and oxygen atoms in total. The third kappa shape index (κ3) is 7.16. The van der Waals surface area contributed by atoms with Crippen molar-refractivity contribution < 1.29 is 26.4 Å². The van der Waals surface area contributed by atoms with Gasteiger partial charge in [0, 0.05) is 18.3 Å². The monoisotopic (exact) mass is 432 g/mol. The van der Waals surface area contributed by atoms with E-state index in [1.807, 2.05) is 42.5 Å². The van der Waals surface area contributed by atoms with Gasteiger partial charge in [-0.2, -0.15) is 8.42 Å². The van der Waals surface area contributed by atoms with Crippen molar-refractivity contribution in [1.82, 2.24) is 0 Å². The standard InChI is InChI=1S/C21H24N2O6S/c24-21-11-8-18-16-19(9-10-20(18)23-21)27-14-5-4-13-22-29-30(25,26)28-15-12-17-6-2-1-3-7-17/h1-3,6-7,9-10,13,16H,4-5,8,11-12,14-15H2,(H,23,24). The van der Waals surface area contributed by atoms with Crippen LogP contribution in [0.1, 0.15) is 30.4 Å². The van der Waals surface area contributed by atoms with Crippen LogP contribution in [0.2, 0.25) is 0 Å². The number of nitrogens with one attached hydrogen (secondary N) is 1. The van der Waals surface area contributed by atoms with Gasteiger partial charge < -0.3 is 10.1 Å². The summed E-state index contributed by atoms with van der Waals surface area (Å²) in [5.41, 5.74) is 2.86. The van der Waals surface area contributed by atoms with Gasteiger partial charge in [0.05, 0.1) is 13.2 Å². The van der Waals surface area contributed by atoms with Gasteiger partial charge in [0.15, 0.2) is 0 Å². The highest BCUT2D eigenvalue weighted by atomic mass is 32.3. The zero-order valence-electron chi connectivity index (χ0n) is 16.5. The summed E-state index contributed by atoms with van der Waals surface area (Å²) < 4.78 is 38.1. The predicted molar refractivity (Wildman–Crippen MR) is 113 cm³/mol. The molecule has 0 bridgehead atoms. The van der Waals surface area contributed by atoms with Gasteiger partial charge in [0.25, 0.3) is 0 Å². The van der Waals surface area contributed by atoms with Crippen LogP contribution in [0.4, 0.5) is 5.69 Å². The van der Waals surface area contributed by atoms with Crippen LogP contribution in [0.15, 0.2) is 53.7 Å². The van der Waals surface area contributed by atoms with E-state index in [1.165, 1.54) is 6.21 Å². The minimum atomic E-state index is -4.16. The number of fused-ring (bicyclic) bond motifs is 1. The Kier molecular flexibility index (Phi) is 7.81. The summed E-state index contributed by atoms with van der Waals surface area (Å²) in [6.45, 7) is 0.428. The topological polar surface area (TPSA) is 103 Å². The number of aryl methyl sites for hydroxylation is 1. The van der Waals surface area contributed by atoms with Crippen LogP contribution < -0.4 is 10.1 Å². The lowest BCUT2D eigenvalue weighted by Gasteiger charge is -2.17. The number of carbonyl (C=O) groups excluding carboxylic acids is 1. The number of rotatable bonds is 11. The molecule has 1 aliphatic heterocycles. The van der Waals surface area contributed by atoms with Crippen LogP contribution in [0, 0.1) is 0 Å². The van der Waals surface area contributed by atoms with E-state index >= 15 is 0 Å². The number of benzene rings is 2. The van der Waals surface area contributed by atoms with Gasteiger partial charge in [-0.1, -0.05) is 35.5 Å². The van der Waals surface area contributed by atoms with Crippen LogP contribution in [-0.2, 0) is 36.5 Å². The maximum Gasteiger partial charge on any atom is 0.469 e. The fraction of sp³-hybridized carbons (Fsp3) is 0.333. The summed E-state index contributed by atoms with van der Waals surface area (Å²) in [6, 6.07) is 15.0. The molecule has 0 fully saturated rings. The molecule has 0 saturated carbocycles. The Balaban J connectivity index is 1.30. The number of ether oxygens (including phenoxy) is 1. The van der Waals surface area contributed by atoms with Crippen molar-refractivity contribution >= 4 is 28.2 Å². The summed E-state index contributed by atoms with van der Waals surface area (Å²) >= 11 is 0. The minimum absolute atomic E-state index is 0.0137. The molecular formula is C21H24N2O6S. The van der Waals surface area contributed by atoms with Crippen molar-refractivity contribution in [2.75, 3.05) is 18.5 Å². The van der Waals surface area contributed by atoms with E-state index in [2.05, 4.69) is 14.8 Å². The Labute approximate surface area is 176 Å². The molecule has 30 heavy (non-hydrogen) atoms. The smallest absolute Gasteiger partial charge is 0.469 e. The number of oxime groups is 1. The zero-order valence-corrected chi connectivity index (χ0v) is 17.3. The molecule has 0 aliphatic carbocycles. The average molecular weight is 432 g/mol. The first-order valence-corrected chi connectivity index (χ1v) is 11.0. The molecule has 1 amide bonds. The molecule has 3 rings (SSSR count). The molecular weight excluding hydrogens is 408 g/mol. The molecule has 0 unspecified atom stereocenters. The van der Waals surface area contributed by atoms with Crippen molar-refractivity contribution in [3.63, 3.8) is 0 Å². The molecule has 160 valence electrons. The van der Waals surface area contributed by atoms with E-state index < -0.39 is 10.4 Å². The highest BCUT2D eigenvalue weighted by Crippen LogP contribution is 2.26. The Hall–Kier alpha value is -2.91. The van der Waals surface area contributed by atoms with Gasteiger partial charge in [-0.15, -0.1) is 0 Å². The van der Waals surface area contributed by atoms with Gasteiger partial charge in [0.1, 0.15) is 5.75 Å². The third-order valence-corrected chi connectivity index (χ3v) is 5.11. The van der Waals surface area contributed by atoms with Crippen molar-refractivity contribution in [1.29, 1.82) is 0 Å². The van der Waals surface area contributed by atoms with E-state index in [0.29, 0.717) is 38.7 Å². The lowest BCUT2D eigenvalue weighted by molar-refractivity contribution is -0.116. The average Bonchev–Trinajstić information content (AvgIpc) is 2.73. The number of nitrogens with zero attached hydrogens (tertiary/aromatic N) is 1. The third-order valence-electron chi connectivity index (χ3n) is 4.39. The van der Waals surface area contributed by atoms with Crippen molar-refractivity contribution in [2.24, 2.45) is 5.16 Å². The molecule has 0 aromatic heterocycles. The summed E-state index contributed by atoms with van der Waals surface area (Å²) in [5, 5.41) is 6.27. The van der Waals surface area contributed by atoms with Crippen molar-refractivity contribution in [3.05, 3.63) is 59.7 Å². The normalized spacial score (nSPS) is 13.7. The van der Waals surface area contributed by atoms with E-state index in [0.717, 1.165) is 22.6 Å². The molecule has 1 heterocycles. The number of hydrogen-bond acceptors (Lipinski definition) is 7. The van der Waals surface area contributed by atoms with E-state index in [9.17, 15) is 13.2 Å². The fourth-order valence-electron chi connectivity index (χ4n) is 2.88. The molecule has 0 atom stereocenters. The summed E-state index contributed by atoms with van der Waals surface area (Å²) in [5.74, 6) is 0.758. The van der Waals surface area contributed by atoms with Crippen LogP contribution in [0.3, 0.4) is 0 Å². The number of anilines is 1. The lowest BCUT2D eigenvalue weighted by atomic mass is 10.0. The molecule has 9 heteroatoms. The predicted octanol–water partition coefficient (Wildman–Crippen LogP) is 3.24. The Morgan fingerprint density at radius 3 is 2.73 bits per heavy atom. The summed E-state index contributed by atoms with van der Waals surface area (Å²) in [4.78, 5) is 11.4. The molecule has 0 spiro atoms. The Morgan fingerprint density at radius 1 is 1.07 bits per heavy atom. The van der Waals surface area contributed by atoms with E-state index in [4.69, 9.17) is 8.92 Å². The van der Waals surface area contributed by atoms with Gasteiger partial charge >= 0.3 is 10.4 Å². The van der Waals surface area contributed by atoms with Gasteiger partial charge in [-0.25, -0.2) is 8.47 Å². The first kappa shape index (κ1) is 21.8. The fourth-order valence-corrected chi connectivity index (χ4v) is 3.37. The Morgan fingerprint density at radius 2 is 1.90 bits per heavy atom. The largest absolute Gasteiger partial charge is 0.494 e. The number of unbranched alkanes of at least 4 members (excludes halogenated alkanes) is 1. The van der Waals surface area contributed by atoms with E-state index in [-0.39, 0.29) is 12.5 Å². The second-order valence-electron chi connectivity index (χ2n) is 6.69.